The van der Waals surface area contributed by atoms with E-state index in [1.54, 1.807) is 9.80 Å². The monoisotopic (exact) mass is 507 g/mol. The highest BCUT2D eigenvalue weighted by molar-refractivity contribution is 6.33. The zero-order valence-corrected chi connectivity index (χ0v) is 20.6. The molecule has 1 aliphatic heterocycles. The Labute approximate surface area is 214 Å². The van der Waals surface area contributed by atoms with Gasteiger partial charge >= 0.3 is 0 Å². The summed E-state index contributed by atoms with van der Waals surface area (Å²) >= 11 is 6.27. The van der Waals surface area contributed by atoms with Crippen molar-refractivity contribution in [3.05, 3.63) is 77.1 Å². The van der Waals surface area contributed by atoms with Gasteiger partial charge in [0.05, 0.1) is 10.7 Å². The van der Waals surface area contributed by atoms with E-state index < -0.39 is 5.82 Å². The highest BCUT2D eigenvalue weighted by Gasteiger charge is 2.30. The molecule has 0 atom stereocenters. The van der Waals surface area contributed by atoms with Gasteiger partial charge in [-0.15, -0.1) is 10.2 Å². The van der Waals surface area contributed by atoms with E-state index in [2.05, 4.69) is 15.1 Å². The molecule has 2 aromatic carbocycles. The number of carbonyl (C=O) groups is 2. The van der Waals surface area contributed by atoms with E-state index in [9.17, 15) is 14.0 Å². The molecule has 2 heterocycles. The molecule has 36 heavy (non-hydrogen) atoms. The number of nitrogens with zero attached hydrogens (tertiary/aromatic N) is 5. The summed E-state index contributed by atoms with van der Waals surface area (Å²) in [5.74, 6) is 0.484. The SMILES string of the molecule is O=C(CN(CC1CC1)C(=O)c1ccc(F)cc1)N1CCN(c2ccc(-c3ccccc3Cl)nn2)CC1. The Morgan fingerprint density at radius 3 is 2.31 bits per heavy atom. The van der Waals surface area contributed by atoms with Gasteiger partial charge in [0, 0.05) is 43.9 Å². The second-order valence-electron chi connectivity index (χ2n) is 9.26. The molecule has 3 aromatic rings. The molecule has 0 bridgehead atoms. The summed E-state index contributed by atoms with van der Waals surface area (Å²) in [6.45, 7) is 2.90. The van der Waals surface area contributed by atoms with Crippen molar-refractivity contribution in [3.8, 4) is 11.3 Å². The molecular formula is C27H27ClFN5O2. The minimum atomic E-state index is -0.391. The Kier molecular flexibility index (Phi) is 7.13. The molecule has 2 fully saturated rings. The molecule has 5 rings (SSSR count). The molecule has 0 N–H and O–H groups in total. The molecule has 7 nitrogen and oxygen atoms in total. The number of halogens is 2. The van der Waals surface area contributed by atoms with Crippen molar-refractivity contribution in [2.24, 2.45) is 5.92 Å². The number of hydrogen-bond acceptors (Lipinski definition) is 5. The number of hydrogen-bond donors (Lipinski definition) is 0. The number of anilines is 1. The van der Waals surface area contributed by atoms with Crippen LogP contribution in [0.4, 0.5) is 10.2 Å². The third kappa shape index (κ3) is 5.65. The number of rotatable bonds is 7. The maximum atomic E-state index is 13.3. The Morgan fingerprint density at radius 2 is 1.67 bits per heavy atom. The van der Waals surface area contributed by atoms with Crippen molar-refractivity contribution in [1.29, 1.82) is 0 Å². The maximum absolute atomic E-state index is 13.3. The lowest BCUT2D eigenvalue weighted by Crippen LogP contribution is -2.52. The van der Waals surface area contributed by atoms with Crippen molar-refractivity contribution in [2.45, 2.75) is 12.8 Å². The highest BCUT2D eigenvalue weighted by atomic mass is 35.5. The Bertz CT molecular complexity index is 1230. The third-order valence-electron chi connectivity index (χ3n) is 6.64. The van der Waals surface area contributed by atoms with Gasteiger partial charge in [-0.25, -0.2) is 4.39 Å². The van der Waals surface area contributed by atoms with Crippen molar-refractivity contribution in [2.75, 3.05) is 44.2 Å². The number of benzene rings is 2. The first-order valence-electron chi connectivity index (χ1n) is 12.1. The van der Waals surface area contributed by atoms with Gasteiger partial charge in [-0.2, -0.15) is 0 Å². The minimum Gasteiger partial charge on any atom is -0.352 e. The lowest BCUT2D eigenvalue weighted by Gasteiger charge is -2.36. The first kappa shape index (κ1) is 24.2. The van der Waals surface area contributed by atoms with Crippen LogP contribution in [0, 0.1) is 11.7 Å². The molecule has 0 spiro atoms. The van der Waals surface area contributed by atoms with Crippen LogP contribution in [-0.4, -0.2) is 71.1 Å². The lowest BCUT2D eigenvalue weighted by atomic mass is 10.1. The number of piperazine rings is 1. The van der Waals surface area contributed by atoms with Crippen LogP contribution in [0.2, 0.25) is 5.02 Å². The Hall–Kier alpha value is -3.52. The van der Waals surface area contributed by atoms with Gasteiger partial charge in [0.25, 0.3) is 5.91 Å². The molecular weight excluding hydrogens is 481 g/mol. The molecule has 0 radical (unpaired) electrons. The standard InChI is InChI=1S/C27H27ClFN5O2/c28-23-4-2-1-3-22(23)24-11-12-25(31-30-24)32-13-15-33(16-14-32)26(35)18-34(17-19-5-6-19)27(36)20-7-9-21(29)10-8-20/h1-4,7-12,19H,5-6,13-18H2. The van der Waals surface area contributed by atoms with E-state index in [4.69, 9.17) is 11.6 Å². The van der Waals surface area contributed by atoms with Gasteiger partial charge in [0.1, 0.15) is 12.4 Å². The van der Waals surface area contributed by atoms with E-state index >= 15 is 0 Å². The fourth-order valence-electron chi connectivity index (χ4n) is 4.36. The van der Waals surface area contributed by atoms with Crippen molar-refractivity contribution in [3.63, 3.8) is 0 Å². The number of aromatic nitrogens is 2. The number of carbonyl (C=O) groups excluding carboxylic acids is 2. The summed E-state index contributed by atoms with van der Waals surface area (Å²) in [6, 6.07) is 16.8. The van der Waals surface area contributed by atoms with Crippen LogP contribution in [0.3, 0.4) is 0 Å². The number of amides is 2. The summed E-state index contributed by atoms with van der Waals surface area (Å²) in [5, 5.41) is 9.34. The molecule has 186 valence electrons. The van der Waals surface area contributed by atoms with Crippen molar-refractivity contribution < 1.29 is 14.0 Å². The first-order valence-corrected chi connectivity index (χ1v) is 12.5. The highest BCUT2D eigenvalue weighted by Crippen LogP contribution is 2.30. The molecule has 1 aromatic heterocycles. The van der Waals surface area contributed by atoms with E-state index in [0.717, 1.165) is 24.2 Å². The zero-order valence-electron chi connectivity index (χ0n) is 19.8. The van der Waals surface area contributed by atoms with E-state index in [-0.39, 0.29) is 18.4 Å². The fourth-order valence-corrected chi connectivity index (χ4v) is 4.59. The van der Waals surface area contributed by atoms with Gasteiger partial charge < -0.3 is 14.7 Å². The average molecular weight is 508 g/mol. The van der Waals surface area contributed by atoms with Gasteiger partial charge in [0.15, 0.2) is 5.82 Å². The maximum Gasteiger partial charge on any atom is 0.254 e. The predicted molar refractivity (Wildman–Crippen MR) is 136 cm³/mol. The topological polar surface area (TPSA) is 69.6 Å². The summed E-state index contributed by atoms with van der Waals surface area (Å²) in [6.07, 6.45) is 2.13. The van der Waals surface area contributed by atoms with Crippen LogP contribution in [0.5, 0.6) is 0 Å². The largest absolute Gasteiger partial charge is 0.352 e. The molecule has 0 unspecified atom stereocenters. The predicted octanol–water partition coefficient (Wildman–Crippen LogP) is 4.14. The second kappa shape index (κ2) is 10.6. The smallest absolute Gasteiger partial charge is 0.254 e. The lowest BCUT2D eigenvalue weighted by molar-refractivity contribution is -0.132. The van der Waals surface area contributed by atoms with E-state index in [1.165, 1.54) is 24.3 Å². The molecule has 9 heteroatoms. The molecule has 2 aliphatic rings. The van der Waals surface area contributed by atoms with E-state index in [0.29, 0.717) is 54.9 Å². The summed E-state index contributed by atoms with van der Waals surface area (Å²) < 4.78 is 13.3. The van der Waals surface area contributed by atoms with Gasteiger partial charge in [0.2, 0.25) is 5.91 Å². The van der Waals surface area contributed by atoms with Crippen LogP contribution in [0.15, 0.2) is 60.7 Å². The van der Waals surface area contributed by atoms with Crippen LogP contribution in [-0.2, 0) is 4.79 Å². The Balaban J connectivity index is 1.18. The fraction of sp³-hybridized carbons (Fsp3) is 0.333. The third-order valence-corrected chi connectivity index (χ3v) is 6.97. The summed E-state index contributed by atoms with van der Waals surface area (Å²) in [5.41, 5.74) is 1.94. The van der Waals surface area contributed by atoms with Gasteiger partial charge in [-0.05, 0) is 61.2 Å². The molecule has 1 aliphatic carbocycles. The van der Waals surface area contributed by atoms with Gasteiger partial charge in [-0.1, -0.05) is 29.8 Å². The van der Waals surface area contributed by atoms with Crippen LogP contribution < -0.4 is 4.90 Å². The normalized spacial score (nSPS) is 15.6. The second-order valence-corrected chi connectivity index (χ2v) is 9.67. The van der Waals surface area contributed by atoms with Crippen LogP contribution in [0.1, 0.15) is 23.2 Å². The van der Waals surface area contributed by atoms with Crippen molar-refractivity contribution >= 4 is 29.2 Å². The minimum absolute atomic E-state index is 0.0268. The van der Waals surface area contributed by atoms with Crippen LogP contribution >= 0.6 is 11.6 Å². The summed E-state index contributed by atoms with van der Waals surface area (Å²) in [7, 11) is 0. The average Bonchev–Trinajstić information content (AvgIpc) is 3.73. The van der Waals surface area contributed by atoms with Crippen molar-refractivity contribution in [1.82, 2.24) is 20.0 Å². The van der Waals surface area contributed by atoms with Crippen LogP contribution in [0.25, 0.3) is 11.3 Å². The zero-order chi connectivity index (χ0) is 25.1. The summed E-state index contributed by atoms with van der Waals surface area (Å²) in [4.78, 5) is 31.6. The quantitative estimate of drug-likeness (QED) is 0.481. The molecule has 1 saturated heterocycles. The molecule has 1 saturated carbocycles. The van der Waals surface area contributed by atoms with E-state index in [1.807, 2.05) is 36.4 Å². The Morgan fingerprint density at radius 1 is 0.944 bits per heavy atom. The molecule has 2 amide bonds. The van der Waals surface area contributed by atoms with Gasteiger partial charge in [-0.3, -0.25) is 9.59 Å². The first-order chi connectivity index (χ1) is 17.5.